The quantitative estimate of drug-likeness (QED) is 0.414. The van der Waals surface area contributed by atoms with E-state index >= 15 is 0 Å². The summed E-state index contributed by atoms with van der Waals surface area (Å²) >= 11 is 7.22. The van der Waals surface area contributed by atoms with Gasteiger partial charge in [-0.3, -0.25) is 4.79 Å². The highest BCUT2D eigenvalue weighted by atomic mass is 35.5. The average molecular weight is 352 g/mol. The third-order valence-corrected chi connectivity index (χ3v) is 4.20. The summed E-state index contributed by atoms with van der Waals surface area (Å²) in [6.07, 6.45) is 2.42. The lowest BCUT2D eigenvalue weighted by atomic mass is 10.1. The third kappa shape index (κ3) is 5.11. The molecule has 0 fully saturated rings. The minimum absolute atomic E-state index is 0.212. The van der Waals surface area contributed by atoms with Crippen LogP contribution in [0.5, 0.6) is 0 Å². The van der Waals surface area contributed by atoms with Crippen LogP contribution in [0.15, 0.2) is 42.1 Å². The minimum Gasteiger partial charge on any atom is -0.465 e. The van der Waals surface area contributed by atoms with Crippen molar-refractivity contribution in [3.63, 3.8) is 0 Å². The molecular formula is C16H18ClN3O2S. The predicted octanol–water partition coefficient (Wildman–Crippen LogP) is 3.36. The molecule has 0 unspecified atom stereocenters. The molecule has 23 heavy (non-hydrogen) atoms. The second-order valence-corrected chi connectivity index (χ2v) is 6.07. The number of nitrogens with zero attached hydrogens (tertiary/aromatic N) is 3. The molecule has 2 rings (SSSR count). The maximum Gasteiger partial charge on any atom is 0.316 e. The van der Waals surface area contributed by atoms with E-state index < -0.39 is 0 Å². The molecule has 7 heteroatoms. The van der Waals surface area contributed by atoms with E-state index in [4.69, 9.17) is 16.3 Å². The summed E-state index contributed by atoms with van der Waals surface area (Å²) in [5, 5.41) is 9.79. The van der Waals surface area contributed by atoms with Crippen LogP contribution in [0.2, 0.25) is 5.02 Å². The zero-order valence-corrected chi connectivity index (χ0v) is 14.4. The van der Waals surface area contributed by atoms with Crippen LogP contribution < -0.4 is 0 Å². The Balaban J connectivity index is 2.12. The topological polar surface area (TPSA) is 57.0 Å². The van der Waals surface area contributed by atoms with Crippen molar-refractivity contribution in [1.29, 1.82) is 0 Å². The molecule has 0 bridgehead atoms. The van der Waals surface area contributed by atoms with Crippen LogP contribution in [0.25, 0.3) is 0 Å². The second-order valence-electron chi connectivity index (χ2n) is 4.70. The second kappa shape index (κ2) is 8.74. The number of halogens is 1. The molecule has 5 nitrogen and oxygen atoms in total. The first-order valence-electron chi connectivity index (χ1n) is 7.19. The number of thioether (sulfide) groups is 1. The molecule has 0 atom stereocenters. The van der Waals surface area contributed by atoms with Gasteiger partial charge in [0.1, 0.15) is 5.82 Å². The number of hydrogen-bond donors (Lipinski definition) is 0. The van der Waals surface area contributed by atoms with Crippen molar-refractivity contribution in [3.8, 4) is 0 Å². The fraction of sp³-hybridized carbons (Fsp3) is 0.312. The molecule has 0 radical (unpaired) electrons. The molecule has 1 heterocycles. The van der Waals surface area contributed by atoms with E-state index in [0.717, 1.165) is 11.4 Å². The summed E-state index contributed by atoms with van der Waals surface area (Å²) in [4.78, 5) is 11.5. The lowest BCUT2D eigenvalue weighted by molar-refractivity contribution is -0.139. The third-order valence-electron chi connectivity index (χ3n) is 3.01. The number of benzene rings is 1. The van der Waals surface area contributed by atoms with Crippen LogP contribution in [0.3, 0.4) is 0 Å². The van der Waals surface area contributed by atoms with Crippen LogP contribution in [-0.4, -0.2) is 33.1 Å². The maximum atomic E-state index is 11.5. The molecule has 0 aliphatic rings. The van der Waals surface area contributed by atoms with Crippen molar-refractivity contribution in [3.05, 3.63) is 53.3 Å². The van der Waals surface area contributed by atoms with Crippen LogP contribution in [0, 0.1) is 0 Å². The Morgan fingerprint density at radius 2 is 2.13 bits per heavy atom. The molecule has 0 amide bonds. The summed E-state index contributed by atoms with van der Waals surface area (Å²) in [6, 6.07) is 7.62. The summed E-state index contributed by atoms with van der Waals surface area (Å²) in [6.45, 7) is 6.51. The number of rotatable bonds is 8. The Bertz CT molecular complexity index is 670. The Hall–Kier alpha value is -1.79. The van der Waals surface area contributed by atoms with E-state index in [0.29, 0.717) is 29.8 Å². The van der Waals surface area contributed by atoms with Crippen molar-refractivity contribution >= 4 is 29.3 Å². The van der Waals surface area contributed by atoms with E-state index in [2.05, 4.69) is 16.8 Å². The SMILES string of the molecule is C=CCn1c(Cc2ccc(Cl)cc2)nnc1SCC(=O)OCC. The zero-order valence-electron chi connectivity index (χ0n) is 12.9. The van der Waals surface area contributed by atoms with Gasteiger partial charge in [-0.25, -0.2) is 0 Å². The van der Waals surface area contributed by atoms with Gasteiger partial charge in [-0.15, -0.1) is 16.8 Å². The van der Waals surface area contributed by atoms with Crippen LogP contribution >= 0.6 is 23.4 Å². The van der Waals surface area contributed by atoms with Crippen molar-refractivity contribution in [2.24, 2.45) is 0 Å². The smallest absolute Gasteiger partial charge is 0.316 e. The molecule has 0 aliphatic heterocycles. The lowest BCUT2D eigenvalue weighted by Gasteiger charge is -2.07. The Morgan fingerprint density at radius 1 is 1.39 bits per heavy atom. The number of allylic oxidation sites excluding steroid dienone is 1. The van der Waals surface area contributed by atoms with Gasteiger partial charge < -0.3 is 9.30 Å². The van der Waals surface area contributed by atoms with Gasteiger partial charge in [0, 0.05) is 18.0 Å². The van der Waals surface area contributed by atoms with Gasteiger partial charge >= 0.3 is 5.97 Å². The molecule has 0 saturated heterocycles. The summed E-state index contributed by atoms with van der Waals surface area (Å²) < 4.78 is 6.88. The Morgan fingerprint density at radius 3 is 2.78 bits per heavy atom. The Kier molecular flexibility index (Phi) is 6.67. The maximum absolute atomic E-state index is 11.5. The molecule has 0 N–H and O–H groups in total. The monoisotopic (exact) mass is 351 g/mol. The Labute approximate surface area is 144 Å². The van der Waals surface area contributed by atoms with E-state index in [-0.39, 0.29) is 11.7 Å². The van der Waals surface area contributed by atoms with E-state index in [1.54, 1.807) is 13.0 Å². The first-order valence-corrected chi connectivity index (χ1v) is 8.56. The van der Waals surface area contributed by atoms with Crippen molar-refractivity contribution in [1.82, 2.24) is 14.8 Å². The number of carbonyl (C=O) groups excluding carboxylic acids is 1. The van der Waals surface area contributed by atoms with Gasteiger partial charge in [-0.2, -0.15) is 0 Å². The van der Waals surface area contributed by atoms with E-state index in [1.165, 1.54) is 11.8 Å². The summed E-state index contributed by atoms with van der Waals surface area (Å²) in [5.74, 6) is 0.771. The summed E-state index contributed by atoms with van der Waals surface area (Å²) in [5.41, 5.74) is 1.09. The number of aromatic nitrogens is 3. The number of ether oxygens (including phenoxy) is 1. The zero-order chi connectivity index (χ0) is 16.7. The van der Waals surface area contributed by atoms with Gasteiger partial charge in [0.25, 0.3) is 0 Å². The molecule has 0 aliphatic carbocycles. The first-order chi connectivity index (χ1) is 11.1. The van der Waals surface area contributed by atoms with Crippen LogP contribution in [-0.2, 0) is 22.5 Å². The number of hydrogen-bond acceptors (Lipinski definition) is 5. The van der Waals surface area contributed by atoms with E-state index in [9.17, 15) is 4.79 Å². The van der Waals surface area contributed by atoms with Crippen molar-refractivity contribution in [2.45, 2.75) is 25.0 Å². The first kappa shape index (κ1) is 17.6. The largest absolute Gasteiger partial charge is 0.465 e. The minimum atomic E-state index is -0.259. The van der Waals surface area contributed by atoms with Gasteiger partial charge in [0.2, 0.25) is 0 Å². The molecule has 122 valence electrons. The molecule has 2 aromatic rings. The molecule has 1 aromatic carbocycles. The van der Waals surface area contributed by atoms with Gasteiger partial charge in [-0.05, 0) is 24.6 Å². The summed E-state index contributed by atoms with van der Waals surface area (Å²) in [7, 11) is 0. The van der Waals surface area contributed by atoms with Gasteiger partial charge in [0.15, 0.2) is 5.16 Å². The lowest BCUT2D eigenvalue weighted by Crippen LogP contribution is -2.09. The normalized spacial score (nSPS) is 10.5. The highest BCUT2D eigenvalue weighted by Gasteiger charge is 2.14. The van der Waals surface area contributed by atoms with Crippen molar-refractivity contribution < 1.29 is 9.53 Å². The van der Waals surface area contributed by atoms with Gasteiger partial charge in [0.05, 0.1) is 12.4 Å². The highest BCUT2D eigenvalue weighted by Crippen LogP contribution is 2.20. The number of carbonyl (C=O) groups is 1. The highest BCUT2D eigenvalue weighted by molar-refractivity contribution is 7.99. The average Bonchev–Trinajstić information content (AvgIpc) is 2.90. The molecular weight excluding hydrogens is 334 g/mol. The predicted molar refractivity (Wildman–Crippen MR) is 91.8 cm³/mol. The van der Waals surface area contributed by atoms with Crippen LogP contribution in [0.1, 0.15) is 18.3 Å². The number of esters is 1. The fourth-order valence-corrected chi connectivity index (χ4v) is 2.87. The standard InChI is InChI=1S/C16H18ClN3O2S/c1-3-9-20-14(10-12-5-7-13(17)8-6-12)18-19-16(20)23-11-15(21)22-4-2/h3,5-8H,1,4,9-11H2,2H3. The molecule has 1 aromatic heterocycles. The van der Waals surface area contributed by atoms with Crippen molar-refractivity contribution in [2.75, 3.05) is 12.4 Å². The van der Waals surface area contributed by atoms with Crippen LogP contribution in [0.4, 0.5) is 0 Å². The molecule has 0 saturated carbocycles. The van der Waals surface area contributed by atoms with E-state index in [1.807, 2.05) is 28.8 Å². The fourth-order valence-electron chi connectivity index (χ4n) is 1.98. The van der Waals surface area contributed by atoms with Gasteiger partial charge in [-0.1, -0.05) is 41.6 Å². The molecule has 0 spiro atoms.